The Labute approximate surface area is 628 Å². The van der Waals surface area contributed by atoms with Crippen LogP contribution in [-0.2, 0) is 57.2 Å². The first-order valence-electron chi connectivity index (χ1n) is 42.1. The zero-order valence-corrected chi connectivity index (χ0v) is 72.6. The molecule has 6 atom stereocenters. The lowest BCUT2D eigenvalue weighted by Gasteiger charge is -2.62. The van der Waals surface area contributed by atoms with Crippen molar-refractivity contribution < 1.29 is 57.2 Å². The maximum Gasteiger partial charge on any atom is 0.312 e. The summed E-state index contributed by atoms with van der Waals surface area (Å²) >= 11 is 0. The van der Waals surface area contributed by atoms with E-state index in [4.69, 9.17) is 28.4 Å². The van der Waals surface area contributed by atoms with Gasteiger partial charge in [0.2, 0.25) is 0 Å². The van der Waals surface area contributed by atoms with E-state index in [1.807, 2.05) is 145 Å². The van der Waals surface area contributed by atoms with Gasteiger partial charge in [0.05, 0.1) is 32.5 Å². The van der Waals surface area contributed by atoms with E-state index in [0.717, 1.165) is 107 Å². The summed E-state index contributed by atoms with van der Waals surface area (Å²) in [6, 6.07) is 0. The van der Waals surface area contributed by atoms with E-state index in [1.54, 1.807) is 0 Å². The molecule has 9 saturated carbocycles. The largest absolute Gasteiger partial charge is 0.460 e. The molecule has 6 bridgehead atoms. The number of hydrogen-bond acceptors (Lipinski definition) is 12. The van der Waals surface area contributed by atoms with Crippen LogP contribution in [0.15, 0.2) is 0 Å². The van der Waals surface area contributed by atoms with Gasteiger partial charge in [-0.1, -0.05) is 136 Å². The Morgan fingerprint density at radius 3 is 1.05 bits per heavy atom. The fraction of sp³-hybridized carbons (Fsp3) is 0.933. The van der Waals surface area contributed by atoms with Crippen molar-refractivity contribution in [3.8, 4) is 0 Å². The lowest BCUT2D eigenvalue weighted by atomic mass is 9.47. The monoisotopic (exact) mass is 1440 g/mol. The summed E-state index contributed by atoms with van der Waals surface area (Å²) in [5, 5.41) is 0. The molecule has 0 radical (unpaired) electrons. The van der Waals surface area contributed by atoms with Crippen molar-refractivity contribution in [2.24, 2.45) is 104 Å². The summed E-state index contributed by atoms with van der Waals surface area (Å²) in [5.74, 6) is 7.67. The number of esters is 6. The van der Waals surface area contributed by atoms with Crippen LogP contribution in [0.3, 0.4) is 0 Å². The highest BCUT2D eigenvalue weighted by Gasteiger charge is 2.62. The Bertz CT molecular complexity index is 2610. The first-order valence-corrected chi connectivity index (χ1v) is 42.1. The maximum absolute atomic E-state index is 12.8. The van der Waals surface area contributed by atoms with Crippen molar-refractivity contribution in [3.63, 3.8) is 0 Å². The lowest BCUT2D eigenvalue weighted by molar-refractivity contribution is -0.231. The van der Waals surface area contributed by atoms with Gasteiger partial charge >= 0.3 is 35.8 Å². The Morgan fingerprint density at radius 2 is 0.696 bits per heavy atom. The fourth-order valence-corrected chi connectivity index (χ4v) is 17.0. The standard InChI is InChI=1S/C19H32O2.C19H34O2.C16H28O2.C15H28O2.C11H22O2.C10H20O2/c1-6-18(4,5)17(20)21-19(12(2)3)15-8-13-7-14(10-15)11-16(19)9-13;1-6-18(4,5)17(20)21-19(14(2)3)12-11-15-9-7-8-10-16(15)13-19;1-6-15(4,5)14(17)18-16(11(2)3)10-12-7-8-13(16)9-12;1-6-14(4,5)13(16)17-15(12(2)3)10-8-7-9-11-15;1-7-10(3,4)9(12)13-11(5,6)8-2;1-7-10(5,6)8(11)12-9(2,3)4/h12-16H,6-11H2,1-5H3;14-16H,6-13H2,1-5H3;11-13H,6-10H2,1-5H3;12H,6-11H2,1-5H3;7-8H2,1-6H3;7H2,1-6H3. The van der Waals surface area contributed by atoms with Gasteiger partial charge in [-0.2, -0.15) is 0 Å². The first-order chi connectivity index (χ1) is 46.7. The molecular formula is C90H164O12. The summed E-state index contributed by atoms with van der Waals surface area (Å²) in [7, 11) is 0. The third-order valence-corrected chi connectivity index (χ3v) is 27.9. The molecule has 0 saturated heterocycles. The molecule has 9 aliphatic carbocycles. The molecule has 0 N–H and O–H groups in total. The molecule has 0 heterocycles. The Kier molecular flexibility index (Phi) is 34.0. The van der Waals surface area contributed by atoms with Crippen molar-refractivity contribution in [2.45, 2.75) is 435 Å². The summed E-state index contributed by atoms with van der Waals surface area (Å²) in [6.07, 6.45) is 32.1. The SMILES string of the molecule is CCC(C)(C)C(=O)OC(C)(C)C.CCC(C)(C)C(=O)OC1(C(C)C)C2CC3CC(C2)CC1C3.CCC(C)(C)C(=O)OC1(C(C)C)CC2CCC1C2.CCC(C)(C)C(=O)OC1(C(C)C)CCC2CCCCC2C1.CCC(C)(C)C(=O)OC1(C(C)C)CCCCC1.CCC(C)(C)OC(=O)C(C)(C)CC. The van der Waals surface area contributed by atoms with Gasteiger partial charge in [-0.25, -0.2) is 0 Å². The average molecular weight is 1440 g/mol. The molecule has 9 fully saturated rings. The number of rotatable bonds is 22. The van der Waals surface area contributed by atoms with E-state index in [2.05, 4.69) is 76.2 Å². The quantitative estimate of drug-likeness (QED) is 0.0747. The van der Waals surface area contributed by atoms with E-state index >= 15 is 0 Å². The molecule has 6 unspecified atom stereocenters. The number of fused-ring (bicyclic) bond motifs is 3. The molecule has 12 nitrogen and oxygen atoms in total. The predicted octanol–water partition coefficient (Wildman–Crippen LogP) is 24.6. The lowest BCUT2D eigenvalue weighted by Crippen LogP contribution is -2.63. The number of ether oxygens (including phenoxy) is 6. The Hall–Kier alpha value is -3.18. The van der Waals surface area contributed by atoms with Crippen LogP contribution in [0, 0.1) is 104 Å². The summed E-state index contributed by atoms with van der Waals surface area (Å²) in [4.78, 5) is 73.2. The summed E-state index contributed by atoms with van der Waals surface area (Å²) < 4.78 is 35.3. The highest BCUT2D eigenvalue weighted by molar-refractivity contribution is 5.79. The molecule has 0 spiro atoms. The van der Waals surface area contributed by atoms with Crippen molar-refractivity contribution in [1.29, 1.82) is 0 Å². The Balaban J connectivity index is 0.000000322. The van der Waals surface area contributed by atoms with Crippen LogP contribution in [-0.4, -0.2) is 69.4 Å². The van der Waals surface area contributed by atoms with E-state index in [-0.39, 0.29) is 102 Å². The van der Waals surface area contributed by atoms with Crippen LogP contribution < -0.4 is 0 Å². The predicted molar refractivity (Wildman–Crippen MR) is 420 cm³/mol. The normalized spacial score (nSPS) is 28.2. The van der Waals surface area contributed by atoms with Gasteiger partial charge in [0.1, 0.15) is 33.6 Å². The van der Waals surface area contributed by atoms with Crippen molar-refractivity contribution in [2.75, 3.05) is 0 Å². The minimum atomic E-state index is -0.372. The zero-order valence-electron chi connectivity index (χ0n) is 72.6. The number of hydrogen-bond donors (Lipinski definition) is 0. The molecule has 0 aliphatic heterocycles. The van der Waals surface area contributed by atoms with Gasteiger partial charge in [0.15, 0.2) is 0 Å². The highest BCUT2D eigenvalue weighted by atomic mass is 16.6. The van der Waals surface area contributed by atoms with Gasteiger partial charge in [-0.15, -0.1) is 0 Å². The van der Waals surface area contributed by atoms with Crippen LogP contribution in [0.2, 0.25) is 0 Å². The number of carbonyl (C=O) groups is 6. The van der Waals surface area contributed by atoms with Crippen LogP contribution in [0.5, 0.6) is 0 Å². The van der Waals surface area contributed by atoms with Crippen molar-refractivity contribution >= 4 is 35.8 Å². The summed E-state index contributed by atoms with van der Waals surface area (Å²) in [6.45, 7) is 65.3. The molecule has 9 aliphatic rings. The molecule has 0 amide bonds. The fourth-order valence-electron chi connectivity index (χ4n) is 17.0. The second-order valence-electron chi connectivity index (χ2n) is 40.5. The van der Waals surface area contributed by atoms with E-state index in [0.29, 0.717) is 41.4 Å². The van der Waals surface area contributed by atoms with Gasteiger partial charge in [0.25, 0.3) is 0 Å². The number of carbonyl (C=O) groups excluding carboxylic acids is 6. The molecule has 12 heteroatoms. The minimum Gasteiger partial charge on any atom is -0.460 e. The van der Waals surface area contributed by atoms with Crippen molar-refractivity contribution in [3.05, 3.63) is 0 Å². The molecule has 596 valence electrons. The molecule has 0 aromatic carbocycles. The molecule has 0 aromatic rings. The van der Waals surface area contributed by atoms with E-state index < -0.39 is 0 Å². The molecule has 102 heavy (non-hydrogen) atoms. The third kappa shape index (κ3) is 24.2. The van der Waals surface area contributed by atoms with Crippen molar-refractivity contribution in [1.82, 2.24) is 0 Å². The van der Waals surface area contributed by atoms with E-state index in [9.17, 15) is 28.8 Å². The third-order valence-electron chi connectivity index (χ3n) is 27.9. The smallest absolute Gasteiger partial charge is 0.312 e. The van der Waals surface area contributed by atoms with Crippen LogP contribution in [0.4, 0.5) is 0 Å². The van der Waals surface area contributed by atoms with Crippen LogP contribution >= 0.6 is 0 Å². The van der Waals surface area contributed by atoms with Gasteiger partial charge < -0.3 is 28.4 Å². The molecule has 9 rings (SSSR count). The first kappa shape index (κ1) is 93.0. The second kappa shape index (κ2) is 37.3. The molecule has 0 aromatic heterocycles. The topological polar surface area (TPSA) is 158 Å². The minimum absolute atomic E-state index is 0.00579. The van der Waals surface area contributed by atoms with Crippen LogP contribution in [0.1, 0.15) is 401 Å². The van der Waals surface area contributed by atoms with Gasteiger partial charge in [-0.05, 0) is 336 Å². The van der Waals surface area contributed by atoms with Gasteiger partial charge in [-0.3, -0.25) is 28.8 Å². The Morgan fingerprint density at radius 1 is 0.324 bits per heavy atom. The van der Waals surface area contributed by atoms with Gasteiger partial charge in [0, 0.05) is 0 Å². The highest BCUT2D eigenvalue weighted by Crippen LogP contribution is 2.63. The maximum atomic E-state index is 12.8. The average Bonchev–Trinajstić information content (AvgIpc) is 0.907. The van der Waals surface area contributed by atoms with E-state index in [1.165, 1.54) is 103 Å². The molecular weight excluding hydrogens is 1270 g/mol. The summed E-state index contributed by atoms with van der Waals surface area (Å²) in [5.41, 5.74) is -3.54. The second-order valence-corrected chi connectivity index (χ2v) is 40.5. The zero-order chi connectivity index (χ0) is 78.4. The van der Waals surface area contributed by atoms with Crippen LogP contribution in [0.25, 0.3) is 0 Å².